The number of nitrogens with zero attached hydrogens (tertiary/aromatic N) is 5. The molecule has 0 bridgehead atoms. The summed E-state index contributed by atoms with van der Waals surface area (Å²) in [5.74, 6) is 0.171. The number of carbonyl (C=O) groups is 1. The SMILES string of the molecule is O=C(O)c1cc(N2CCC(Nc3ncccn3)C2)ncn1. The summed E-state index contributed by atoms with van der Waals surface area (Å²) in [4.78, 5) is 29.1. The Morgan fingerprint density at radius 1 is 1.29 bits per heavy atom. The number of anilines is 2. The van der Waals surface area contributed by atoms with Gasteiger partial charge in [0.05, 0.1) is 0 Å². The van der Waals surface area contributed by atoms with Crippen LogP contribution < -0.4 is 10.2 Å². The van der Waals surface area contributed by atoms with Crippen molar-refractivity contribution in [3.8, 4) is 0 Å². The maximum atomic E-state index is 10.9. The minimum absolute atomic E-state index is 0.00259. The first-order valence-corrected chi connectivity index (χ1v) is 6.56. The Morgan fingerprint density at radius 3 is 2.86 bits per heavy atom. The predicted octanol–water partition coefficient (Wildman–Crippen LogP) is 0.656. The van der Waals surface area contributed by atoms with E-state index in [1.807, 2.05) is 4.90 Å². The van der Waals surface area contributed by atoms with Crippen molar-refractivity contribution in [1.82, 2.24) is 19.9 Å². The number of rotatable bonds is 4. The standard InChI is InChI=1S/C13H14N6O2/c20-12(21)10-6-11(17-8-16-10)19-5-2-9(7-19)18-13-14-3-1-4-15-13/h1,3-4,6,8-9H,2,5,7H2,(H,20,21)(H,14,15,18). The van der Waals surface area contributed by atoms with Crippen LogP contribution in [0.3, 0.4) is 0 Å². The molecule has 3 heterocycles. The molecule has 1 fully saturated rings. The number of carboxylic acids is 1. The van der Waals surface area contributed by atoms with Gasteiger partial charge in [-0.25, -0.2) is 24.7 Å². The second-order valence-electron chi connectivity index (χ2n) is 4.71. The predicted molar refractivity (Wildman–Crippen MR) is 75.3 cm³/mol. The lowest BCUT2D eigenvalue weighted by atomic mass is 10.3. The second-order valence-corrected chi connectivity index (χ2v) is 4.71. The normalized spacial score (nSPS) is 17.7. The van der Waals surface area contributed by atoms with E-state index in [1.54, 1.807) is 18.5 Å². The largest absolute Gasteiger partial charge is 0.477 e. The summed E-state index contributed by atoms with van der Waals surface area (Å²) in [7, 11) is 0. The molecular weight excluding hydrogens is 272 g/mol. The van der Waals surface area contributed by atoms with E-state index >= 15 is 0 Å². The van der Waals surface area contributed by atoms with Gasteiger partial charge in [0.1, 0.15) is 12.1 Å². The lowest BCUT2D eigenvalue weighted by Gasteiger charge is -2.17. The van der Waals surface area contributed by atoms with Crippen molar-refractivity contribution in [2.75, 3.05) is 23.3 Å². The molecule has 1 atom stereocenters. The van der Waals surface area contributed by atoms with E-state index < -0.39 is 5.97 Å². The van der Waals surface area contributed by atoms with Gasteiger partial charge in [-0.3, -0.25) is 0 Å². The van der Waals surface area contributed by atoms with Gasteiger partial charge in [0.2, 0.25) is 5.95 Å². The number of aromatic nitrogens is 4. The maximum Gasteiger partial charge on any atom is 0.354 e. The third kappa shape index (κ3) is 3.04. The van der Waals surface area contributed by atoms with Crippen molar-refractivity contribution in [2.45, 2.75) is 12.5 Å². The smallest absolute Gasteiger partial charge is 0.354 e. The first kappa shape index (κ1) is 13.2. The summed E-state index contributed by atoms with van der Waals surface area (Å²) in [5, 5.41) is 12.2. The van der Waals surface area contributed by atoms with E-state index in [9.17, 15) is 4.79 Å². The molecule has 0 aliphatic carbocycles. The number of nitrogens with one attached hydrogen (secondary N) is 1. The molecule has 0 saturated carbocycles. The molecule has 1 saturated heterocycles. The summed E-state index contributed by atoms with van der Waals surface area (Å²) in [6.45, 7) is 1.51. The zero-order chi connectivity index (χ0) is 14.7. The molecule has 0 radical (unpaired) electrons. The molecule has 1 aliphatic rings. The highest BCUT2D eigenvalue weighted by Crippen LogP contribution is 2.19. The van der Waals surface area contributed by atoms with Crippen LogP contribution in [0.15, 0.2) is 30.9 Å². The van der Waals surface area contributed by atoms with Crippen molar-refractivity contribution >= 4 is 17.7 Å². The van der Waals surface area contributed by atoms with E-state index in [2.05, 4.69) is 25.3 Å². The average Bonchev–Trinajstić information content (AvgIpc) is 2.97. The van der Waals surface area contributed by atoms with Crippen LogP contribution in [0.1, 0.15) is 16.9 Å². The van der Waals surface area contributed by atoms with Crippen LogP contribution in [0.5, 0.6) is 0 Å². The number of aromatic carboxylic acids is 1. The molecule has 8 nitrogen and oxygen atoms in total. The van der Waals surface area contributed by atoms with Gasteiger partial charge in [0.15, 0.2) is 5.69 Å². The van der Waals surface area contributed by atoms with Gasteiger partial charge in [-0.2, -0.15) is 0 Å². The third-order valence-electron chi connectivity index (χ3n) is 3.28. The fourth-order valence-electron chi connectivity index (χ4n) is 2.28. The van der Waals surface area contributed by atoms with E-state index in [0.717, 1.165) is 13.0 Å². The Balaban J connectivity index is 1.67. The van der Waals surface area contributed by atoms with E-state index in [1.165, 1.54) is 12.4 Å². The molecule has 2 aromatic rings. The molecule has 2 N–H and O–H groups in total. The highest BCUT2D eigenvalue weighted by molar-refractivity contribution is 5.86. The van der Waals surface area contributed by atoms with Gasteiger partial charge in [-0.15, -0.1) is 0 Å². The summed E-state index contributed by atoms with van der Waals surface area (Å²) >= 11 is 0. The highest BCUT2D eigenvalue weighted by atomic mass is 16.4. The van der Waals surface area contributed by atoms with Crippen molar-refractivity contribution in [3.05, 3.63) is 36.5 Å². The average molecular weight is 286 g/mol. The topological polar surface area (TPSA) is 104 Å². The fourth-order valence-corrected chi connectivity index (χ4v) is 2.28. The molecule has 0 spiro atoms. The van der Waals surface area contributed by atoms with Crippen molar-refractivity contribution in [1.29, 1.82) is 0 Å². The van der Waals surface area contributed by atoms with Gasteiger partial charge in [0.25, 0.3) is 0 Å². The van der Waals surface area contributed by atoms with Crippen LogP contribution in [0, 0.1) is 0 Å². The van der Waals surface area contributed by atoms with Gasteiger partial charge in [-0.05, 0) is 12.5 Å². The van der Waals surface area contributed by atoms with Crippen LogP contribution in [0.4, 0.5) is 11.8 Å². The van der Waals surface area contributed by atoms with Crippen LogP contribution in [-0.4, -0.2) is 50.1 Å². The van der Waals surface area contributed by atoms with Crippen molar-refractivity contribution in [3.63, 3.8) is 0 Å². The van der Waals surface area contributed by atoms with Gasteiger partial charge in [0, 0.05) is 37.6 Å². The molecule has 21 heavy (non-hydrogen) atoms. The van der Waals surface area contributed by atoms with E-state index in [-0.39, 0.29) is 11.7 Å². The molecule has 3 rings (SSSR count). The molecule has 1 aliphatic heterocycles. The Morgan fingerprint density at radius 2 is 2.10 bits per heavy atom. The molecule has 2 aromatic heterocycles. The molecule has 108 valence electrons. The van der Waals surface area contributed by atoms with Gasteiger partial charge in [-0.1, -0.05) is 0 Å². The highest BCUT2D eigenvalue weighted by Gasteiger charge is 2.24. The van der Waals surface area contributed by atoms with Crippen molar-refractivity contribution < 1.29 is 9.90 Å². The first-order chi connectivity index (χ1) is 10.2. The minimum Gasteiger partial charge on any atom is -0.477 e. The molecular formula is C13H14N6O2. The monoisotopic (exact) mass is 286 g/mol. The third-order valence-corrected chi connectivity index (χ3v) is 3.28. The lowest BCUT2D eigenvalue weighted by Crippen LogP contribution is -2.27. The number of carboxylic acid groups (broad SMARTS) is 1. The number of hydrogen-bond donors (Lipinski definition) is 2. The Labute approximate surface area is 120 Å². The Hall–Kier alpha value is -2.77. The van der Waals surface area contributed by atoms with Crippen LogP contribution >= 0.6 is 0 Å². The summed E-state index contributed by atoms with van der Waals surface area (Å²) < 4.78 is 0. The lowest BCUT2D eigenvalue weighted by molar-refractivity contribution is 0.0690. The second kappa shape index (κ2) is 5.70. The quantitative estimate of drug-likeness (QED) is 0.844. The Kier molecular flexibility index (Phi) is 3.59. The van der Waals surface area contributed by atoms with E-state index in [0.29, 0.717) is 18.3 Å². The van der Waals surface area contributed by atoms with Crippen LogP contribution in [0.2, 0.25) is 0 Å². The Bertz CT molecular complexity index is 636. The maximum absolute atomic E-state index is 10.9. The molecule has 0 amide bonds. The molecule has 1 unspecified atom stereocenters. The van der Waals surface area contributed by atoms with E-state index in [4.69, 9.17) is 5.11 Å². The first-order valence-electron chi connectivity index (χ1n) is 6.56. The minimum atomic E-state index is -1.05. The van der Waals surface area contributed by atoms with Crippen molar-refractivity contribution in [2.24, 2.45) is 0 Å². The fraction of sp³-hybridized carbons (Fsp3) is 0.308. The van der Waals surface area contributed by atoms with Gasteiger partial charge < -0.3 is 15.3 Å². The van der Waals surface area contributed by atoms with Crippen LogP contribution in [-0.2, 0) is 0 Å². The molecule has 8 heteroatoms. The zero-order valence-corrected chi connectivity index (χ0v) is 11.2. The summed E-state index contributed by atoms with van der Waals surface area (Å²) in [6, 6.07) is 3.46. The summed E-state index contributed by atoms with van der Waals surface area (Å²) in [6.07, 6.45) is 5.56. The zero-order valence-electron chi connectivity index (χ0n) is 11.2. The van der Waals surface area contributed by atoms with Crippen LogP contribution in [0.25, 0.3) is 0 Å². The van der Waals surface area contributed by atoms with Gasteiger partial charge >= 0.3 is 5.97 Å². The number of hydrogen-bond acceptors (Lipinski definition) is 7. The molecule has 0 aromatic carbocycles. The summed E-state index contributed by atoms with van der Waals surface area (Å²) in [5.41, 5.74) is 0.00259.